The summed E-state index contributed by atoms with van der Waals surface area (Å²) >= 11 is 0. The van der Waals surface area contributed by atoms with E-state index in [1.807, 2.05) is 32.8 Å². The van der Waals surface area contributed by atoms with Crippen LogP contribution < -0.4 is 0 Å². The molecule has 3 nitrogen and oxygen atoms in total. The van der Waals surface area contributed by atoms with Gasteiger partial charge in [-0.3, -0.25) is 4.79 Å². The molecule has 3 heteroatoms. The van der Waals surface area contributed by atoms with Crippen molar-refractivity contribution in [1.82, 2.24) is 4.90 Å². The second-order valence-corrected chi connectivity index (χ2v) is 4.50. The molecule has 1 rings (SSSR count). The van der Waals surface area contributed by atoms with E-state index in [0.717, 1.165) is 5.56 Å². The molecule has 0 aliphatic heterocycles. The SMILES string of the molecule is Cc1cc(C)cc(C(CC(=O)O)N(C)C)c1. The summed E-state index contributed by atoms with van der Waals surface area (Å²) in [5, 5.41) is 8.91. The molecule has 88 valence electrons. The highest BCUT2D eigenvalue weighted by atomic mass is 16.4. The number of hydrogen-bond acceptors (Lipinski definition) is 2. The lowest BCUT2D eigenvalue weighted by Gasteiger charge is -2.23. The lowest BCUT2D eigenvalue weighted by molar-refractivity contribution is -0.138. The van der Waals surface area contributed by atoms with E-state index in [4.69, 9.17) is 5.11 Å². The van der Waals surface area contributed by atoms with Crippen molar-refractivity contribution in [3.8, 4) is 0 Å². The highest BCUT2D eigenvalue weighted by Crippen LogP contribution is 2.24. The van der Waals surface area contributed by atoms with Crippen LogP contribution in [0.25, 0.3) is 0 Å². The molecular weight excluding hydrogens is 202 g/mol. The third-order valence-electron chi connectivity index (χ3n) is 2.62. The lowest BCUT2D eigenvalue weighted by atomic mass is 9.98. The van der Waals surface area contributed by atoms with Gasteiger partial charge in [-0.2, -0.15) is 0 Å². The Labute approximate surface area is 96.7 Å². The third kappa shape index (κ3) is 3.35. The van der Waals surface area contributed by atoms with Gasteiger partial charge < -0.3 is 10.0 Å². The number of carboxylic acids is 1. The molecule has 1 aromatic rings. The van der Waals surface area contributed by atoms with E-state index in [1.54, 1.807) is 0 Å². The minimum absolute atomic E-state index is 0.0592. The van der Waals surface area contributed by atoms with E-state index in [2.05, 4.69) is 18.2 Å². The van der Waals surface area contributed by atoms with Crippen molar-refractivity contribution in [2.24, 2.45) is 0 Å². The number of carboxylic acid groups (broad SMARTS) is 1. The normalized spacial score (nSPS) is 12.8. The van der Waals surface area contributed by atoms with E-state index >= 15 is 0 Å². The number of aliphatic carboxylic acids is 1. The summed E-state index contributed by atoms with van der Waals surface area (Å²) in [5.41, 5.74) is 3.42. The van der Waals surface area contributed by atoms with E-state index in [0.29, 0.717) is 0 Å². The maximum Gasteiger partial charge on any atom is 0.305 e. The van der Waals surface area contributed by atoms with Gasteiger partial charge >= 0.3 is 5.97 Å². The van der Waals surface area contributed by atoms with Gasteiger partial charge in [0.2, 0.25) is 0 Å². The van der Waals surface area contributed by atoms with Crippen molar-refractivity contribution in [2.45, 2.75) is 26.3 Å². The van der Waals surface area contributed by atoms with Gasteiger partial charge in [0, 0.05) is 6.04 Å². The first-order valence-electron chi connectivity index (χ1n) is 5.36. The van der Waals surface area contributed by atoms with Crippen LogP contribution >= 0.6 is 0 Å². The van der Waals surface area contributed by atoms with Crippen molar-refractivity contribution >= 4 is 5.97 Å². The van der Waals surface area contributed by atoms with Crippen LogP contribution in [0.5, 0.6) is 0 Å². The molecule has 0 radical (unpaired) electrons. The number of nitrogens with zero attached hydrogens (tertiary/aromatic N) is 1. The number of carbonyl (C=O) groups is 1. The Hall–Kier alpha value is -1.35. The zero-order chi connectivity index (χ0) is 12.3. The molecule has 0 amide bonds. The van der Waals surface area contributed by atoms with Crippen LogP contribution in [0.2, 0.25) is 0 Å². The molecule has 0 spiro atoms. The average molecular weight is 221 g/mol. The molecule has 0 heterocycles. The van der Waals surface area contributed by atoms with Gasteiger partial charge in [0.05, 0.1) is 6.42 Å². The zero-order valence-electron chi connectivity index (χ0n) is 10.3. The van der Waals surface area contributed by atoms with Gasteiger partial charge in [-0.25, -0.2) is 0 Å². The van der Waals surface area contributed by atoms with Crippen LogP contribution in [-0.4, -0.2) is 30.1 Å². The van der Waals surface area contributed by atoms with Crippen LogP contribution in [0, 0.1) is 13.8 Å². The lowest BCUT2D eigenvalue weighted by Crippen LogP contribution is -2.22. The molecule has 0 fully saturated rings. The molecule has 1 N–H and O–H groups in total. The summed E-state index contributed by atoms with van der Waals surface area (Å²) in [6.45, 7) is 4.06. The van der Waals surface area contributed by atoms with Crippen LogP contribution in [0.4, 0.5) is 0 Å². The Balaban J connectivity index is 3.05. The van der Waals surface area contributed by atoms with Gasteiger partial charge in [-0.1, -0.05) is 29.3 Å². The maximum atomic E-state index is 10.8. The first kappa shape index (κ1) is 12.7. The van der Waals surface area contributed by atoms with Crippen LogP contribution in [0.3, 0.4) is 0 Å². The molecular formula is C13H19NO2. The minimum Gasteiger partial charge on any atom is -0.481 e. The topological polar surface area (TPSA) is 40.5 Å². The van der Waals surface area contributed by atoms with Gasteiger partial charge in [0.15, 0.2) is 0 Å². The zero-order valence-corrected chi connectivity index (χ0v) is 10.3. The highest BCUT2D eigenvalue weighted by molar-refractivity contribution is 5.68. The number of aryl methyl sites for hydroxylation is 2. The first-order chi connectivity index (χ1) is 7.40. The van der Waals surface area contributed by atoms with E-state index in [-0.39, 0.29) is 12.5 Å². The predicted molar refractivity (Wildman–Crippen MR) is 64.6 cm³/mol. The Morgan fingerprint density at radius 1 is 1.25 bits per heavy atom. The standard InChI is InChI=1S/C13H19NO2/c1-9-5-10(2)7-11(6-9)12(14(3)4)8-13(15)16/h5-7,12H,8H2,1-4H3,(H,15,16). The molecule has 1 aromatic carbocycles. The van der Waals surface area contributed by atoms with Gasteiger partial charge in [0.1, 0.15) is 0 Å². The Kier molecular flexibility index (Phi) is 4.07. The molecule has 0 aliphatic rings. The van der Waals surface area contributed by atoms with E-state index in [1.165, 1.54) is 11.1 Å². The highest BCUT2D eigenvalue weighted by Gasteiger charge is 2.18. The largest absolute Gasteiger partial charge is 0.481 e. The number of benzene rings is 1. The molecule has 0 aromatic heterocycles. The fourth-order valence-electron chi connectivity index (χ4n) is 1.97. The summed E-state index contributed by atoms with van der Waals surface area (Å²) < 4.78 is 0. The summed E-state index contributed by atoms with van der Waals surface area (Å²) in [4.78, 5) is 12.8. The van der Waals surface area contributed by atoms with Crippen molar-refractivity contribution < 1.29 is 9.90 Å². The Morgan fingerprint density at radius 3 is 2.12 bits per heavy atom. The summed E-state index contributed by atoms with van der Waals surface area (Å²) in [6.07, 6.45) is 0.135. The van der Waals surface area contributed by atoms with Crippen molar-refractivity contribution in [3.05, 3.63) is 34.9 Å². The summed E-state index contributed by atoms with van der Waals surface area (Å²) in [6, 6.07) is 6.15. The number of hydrogen-bond donors (Lipinski definition) is 1. The molecule has 0 saturated heterocycles. The first-order valence-corrected chi connectivity index (χ1v) is 5.36. The van der Waals surface area contributed by atoms with Gasteiger partial charge in [-0.15, -0.1) is 0 Å². The Bertz CT molecular complexity index is 365. The quantitative estimate of drug-likeness (QED) is 0.848. The smallest absolute Gasteiger partial charge is 0.305 e. The van der Waals surface area contributed by atoms with E-state index < -0.39 is 5.97 Å². The Morgan fingerprint density at radius 2 is 1.75 bits per heavy atom. The van der Waals surface area contributed by atoms with Gasteiger partial charge in [-0.05, 0) is 33.5 Å². The maximum absolute atomic E-state index is 10.8. The molecule has 1 atom stereocenters. The molecule has 0 aliphatic carbocycles. The summed E-state index contributed by atoms with van der Waals surface area (Å²) in [5.74, 6) is -0.766. The fraction of sp³-hybridized carbons (Fsp3) is 0.462. The molecule has 0 bridgehead atoms. The van der Waals surface area contributed by atoms with Gasteiger partial charge in [0.25, 0.3) is 0 Å². The number of rotatable bonds is 4. The second kappa shape index (κ2) is 5.12. The summed E-state index contributed by atoms with van der Waals surface area (Å²) in [7, 11) is 3.82. The molecule has 0 saturated carbocycles. The average Bonchev–Trinajstić information content (AvgIpc) is 2.11. The molecule has 16 heavy (non-hydrogen) atoms. The van der Waals surface area contributed by atoms with Crippen molar-refractivity contribution in [3.63, 3.8) is 0 Å². The van der Waals surface area contributed by atoms with Crippen LogP contribution in [-0.2, 0) is 4.79 Å². The van der Waals surface area contributed by atoms with E-state index in [9.17, 15) is 4.79 Å². The minimum atomic E-state index is -0.766. The van der Waals surface area contributed by atoms with Crippen molar-refractivity contribution in [2.75, 3.05) is 14.1 Å². The second-order valence-electron chi connectivity index (χ2n) is 4.50. The molecule has 1 unspecified atom stereocenters. The monoisotopic (exact) mass is 221 g/mol. The third-order valence-corrected chi connectivity index (χ3v) is 2.62. The van der Waals surface area contributed by atoms with Crippen LogP contribution in [0.1, 0.15) is 29.2 Å². The van der Waals surface area contributed by atoms with Crippen molar-refractivity contribution in [1.29, 1.82) is 0 Å². The van der Waals surface area contributed by atoms with Crippen LogP contribution in [0.15, 0.2) is 18.2 Å². The fourth-order valence-corrected chi connectivity index (χ4v) is 1.97. The predicted octanol–water partition coefficient (Wildman–Crippen LogP) is 2.38.